The van der Waals surface area contributed by atoms with Crippen LogP contribution in [0.1, 0.15) is 0 Å². The molecule has 24 heavy (non-hydrogen) atoms. The number of pyridine rings is 1. The van der Waals surface area contributed by atoms with E-state index in [1.807, 2.05) is 17.0 Å². The number of methoxy groups -OCH3 is 1. The van der Waals surface area contributed by atoms with Crippen molar-refractivity contribution in [2.24, 2.45) is 0 Å². The molecule has 3 aromatic rings. The molecule has 1 aliphatic heterocycles. The van der Waals surface area contributed by atoms with Crippen LogP contribution in [0.4, 0.5) is 5.69 Å². The van der Waals surface area contributed by atoms with Gasteiger partial charge in [0.15, 0.2) is 5.65 Å². The van der Waals surface area contributed by atoms with Crippen molar-refractivity contribution in [3.05, 3.63) is 24.7 Å². The van der Waals surface area contributed by atoms with Crippen molar-refractivity contribution in [2.75, 3.05) is 44.9 Å². The summed E-state index contributed by atoms with van der Waals surface area (Å²) < 4.78 is 12.7. The van der Waals surface area contributed by atoms with E-state index in [4.69, 9.17) is 14.5 Å². The van der Waals surface area contributed by atoms with Crippen molar-refractivity contribution in [2.45, 2.75) is 6.54 Å². The van der Waals surface area contributed by atoms with Crippen LogP contribution in [-0.2, 0) is 16.0 Å². The number of hydrogen-bond acceptors (Lipinski definition) is 6. The molecule has 0 aliphatic carbocycles. The predicted octanol–water partition coefficient (Wildman–Crippen LogP) is 1.30. The summed E-state index contributed by atoms with van der Waals surface area (Å²) in [7, 11) is 1.70. The van der Waals surface area contributed by atoms with Gasteiger partial charge in [-0.2, -0.15) is 5.10 Å². The molecule has 0 amide bonds. The van der Waals surface area contributed by atoms with Gasteiger partial charge in [-0.3, -0.25) is 5.10 Å². The first-order chi connectivity index (χ1) is 11.9. The number of imidazole rings is 1. The first-order valence-corrected chi connectivity index (χ1v) is 8.04. The van der Waals surface area contributed by atoms with E-state index in [-0.39, 0.29) is 0 Å². The number of rotatable bonds is 5. The molecule has 0 unspecified atom stereocenters. The fraction of sp³-hybridized carbons (Fsp3) is 0.438. The Bertz CT molecular complexity index is 807. The van der Waals surface area contributed by atoms with Crippen LogP contribution >= 0.6 is 0 Å². The highest BCUT2D eigenvalue weighted by Gasteiger charge is 2.19. The number of anilines is 1. The third-order valence-corrected chi connectivity index (χ3v) is 4.22. The first-order valence-electron chi connectivity index (χ1n) is 8.04. The number of nitrogens with one attached hydrogen (secondary N) is 1. The zero-order valence-electron chi connectivity index (χ0n) is 13.6. The van der Waals surface area contributed by atoms with Crippen LogP contribution < -0.4 is 4.90 Å². The lowest BCUT2D eigenvalue weighted by Gasteiger charge is -2.29. The van der Waals surface area contributed by atoms with Crippen LogP contribution in [0, 0.1) is 0 Å². The summed E-state index contributed by atoms with van der Waals surface area (Å²) in [5, 5.41) is 7.03. The second-order valence-electron chi connectivity index (χ2n) is 5.70. The van der Waals surface area contributed by atoms with E-state index in [9.17, 15) is 0 Å². The van der Waals surface area contributed by atoms with Gasteiger partial charge in [-0.25, -0.2) is 9.97 Å². The van der Waals surface area contributed by atoms with Crippen LogP contribution in [0.15, 0.2) is 24.7 Å². The van der Waals surface area contributed by atoms with Gasteiger partial charge in [0.2, 0.25) is 0 Å². The van der Waals surface area contributed by atoms with Gasteiger partial charge in [-0.15, -0.1) is 0 Å². The van der Waals surface area contributed by atoms with Gasteiger partial charge in [0.25, 0.3) is 0 Å². The van der Waals surface area contributed by atoms with Crippen molar-refractivity contribution in [3.63, 3.8) is 0 Å². The van der Waals surface area contributed by atoms with Gasteiger partial charge in [0.05, 0.1) is 43.2 Å². The zero-order chi connectivity index (χ0) is 16.4. The number of ether oxygens (including phenoxy) is 2. The average molecular weight is 328 g/mol. The highest BCUT2D eigenvalue weighted by Crippen LogP contribution is 2.30. The molecule has 0 aromatic carbocycles. The number of aromatic amines is 1. The largest absolute Gasteiger partial charge is 0.383 e. The number of morpholine rings is 1. The number of hydrogen-bond donors (Lipinski definition) is 1. The fourth-order valence-corrected chi connectivity index (χ4v) is 2.95. The van der Waals surface area contributed by atoms with Crippen molar-refractivity contribution >= 4 is 16.9 Å². The minimum Gasteiger partial charge on any atom is -0.383 e. The third kappa shape index (κ3) is 2.74. The second kappa shape index (κ2) is 6.58. The highest BCUT2D eigenvalue weighted by molar-refractivity contribution is 5.89. The summed E-state index contributed by atoms with van der Waals surface area (Å²) in [5.41, 5.74) is 4.62. The molecule has 8 nitrogen and oxygen atoms in total. The lowest BCUT2D eigenvalue weighted by molar-refractivity contribution is 0.123. The van der Waals surface area contributed by atoms with Crippen LogP contribution in [0.25, 0.3) is 22.6 Å². The molecular formula is C16H20N6O2. The van der Waals surface area contributed by atoms with Crippen LogP contribution in [0.2, 0.25) is 0 Å². The minimum absolute atomic E-state index is 0.619. The van der Waals surface area contributed by atoms with Crippen LogP contribution in [0.3, 0.4) is 0 Å². The Morgan fingerprint density at radius 1 is 1.33 bits per heavy atom. The zero-order valence-corrected chi connectivity index (χ0v) is 13.6. The van der Waals surface area contributed by atoms with Crippen molar-refractivity contribution in [3.8, 4) is 11.4 Å². The number of H-pyrrole nitrogens is 1. The van der Waals surface area contributed by atoms with E-state index in [2.05, 4.69) is 26.1 Å². The van der Waals surface area contributed by atoms with Crippen molar-refractivity contribution in [1.82, 2.24) is 24.7 Å². The van der Waals surface area contributed by atoms with E-state index in [1.165, 1.54) is 0 Å². The maximum atomic E-state index is 5.48. The molecule has 0 atom stereocenters. The Labute approximate surface area is 139 Å². The Hall–Kier alpha value is -2.45. The minimum atomic E-state index is 0.619. The quantitative estimate of drug-likeness (QED) is 0.760. The Morgan fingerprint density at radius 3 is 2.96 bits per heavy atom. The van der Waals surface area contributed by atoms with Crippen molar-refractivity contribution < 1.29 is 9.47 Å². The van der Waals surface area contributed by atoms with Crippen LogP contribution in [0.5, 0.6) is 0 Å². The van der Waals surface area contributed by atoms with E-state index in [0.717, 1.165) is 61.1 Å². The molecular weight excluding hydrogens is 308 g/mol. The van der Waals surface area contributed by atoms with Gasteiger partial charge in [-0.1, -0.05) is 0 Å². The molecule has 1 aliphatic rings. The molecule has 4 heterocycles. The van der Waals surface area contributed by atoms with Crippen LogP contribution in [-0.4, -0.2) is 64.8 Å². The van der Waals surface area contributed by atoms with Gasteiger partial charge in [0, 0.05) is 32.9 Å². The Balaban J connectivity index is 1.84. The van der Waals surface area contributed by atoms with Crippen molar-refractivity contribution in [1.29, 1.82) is 0 Å². The van der Waals surface area contributed by atoms with E-state index >= 15 is 0 Å². The second-order valence-corrected chi connectivity index (χ2v) is 5.70. The lowest BCUT2D eigenvalue weighted by Crippen LogP contribution is -2.36. The summed E-state index contributed by atoms with van der Waals surface area (Å²) in [4.78, 5) is 11.7. The molecule has 4 rings (SSSR count). The number of fused-ring (bicyclic) bond motifs is 1. The summed E-state index contributed by atoms with van der Waals surface area (Å²) >= 11 is 0. The Morgan fingerprint density at radius 2 is 2.21 bits per heavy atom. The Kier molecular flexibility index (Phi) is 4.14. The maximum Gasteiger partial charge on any atom is 0.162 e. The van der Waals surface area contributed by atoms with Gasteiger partial charge >= 0.3 is 0 Å². The molecule has 1 fully saturated rings. The van der Waals surface area contributed by atoms with Gasteiger partial charge < -0.3 is 18.9 Å². The smallest absolute Gasteiger partial charge is 0.162 e. The van der Waals surface area contributed by atoms with E-state index < -0.39 is 0 Å². The number of aromatic nitrogens is 5. The molecule has 1 saturated heterocycles. The molecule has 3 aromatic heterocycles. The topological polar surface area (TPSA) is 81.1 Å². The molecule has 0 bridgehead atoms. The fourth-order valence-electron chi connectivity index (χ4n) is 2.95. The van der Waals surface area contributed by atoms with Gasteiger partial charge in [0.1, 0.15) is 5.52 Å². The molecule has 8 heteroatoms. The highest BCUT2D eigenvalue weighted by atomic mass is 16.5. The molecule has 126 valence electrons. The SMILES string of the molecule is COCCn1cnc2c(N3CCOCC3)cc(-c3ccn[nH]3)nc21. The normalized spacial score (nSPS) is 15.3. The summed E-state index contributed by atoms with van der Waals surface area (Å²) in [6.07, 6.45) is 3.56. The summed E-state index contributed by atoms with van der Waals surface area (Å²) in [5.74, 6) is 0. The summed E-state index contributed by atoms with van der Waals surface area (Å²) in [6.45, 7) is 4.50. The summed E-state index contributed by atoms with van der Waals surface area (Å²) in [6, 6.07) is 4.00. The molecule has 1 N–H and O–H groups in total. The predicted molar refractivity (Wildman–Crippen MR) is 90.0 cm³/mol. The standard InChI is InChI=1S/C16H20N6O2/c1-23-7-4-22-11-17-15-14(21-5-8-24-9-6-21)10-13(19-16(15)22)12-2-3-18-20-12/h2-3,10-11H,4-9H2,1H3,(H,18,20). The monoisotopic (exact) mass is 328 g/mol. The third-order valence-electron chi connectivity index (χ3n) is 4.22. The van der Waals surface area contributed by atoms with Gasteiger partial charge in [-0.05, 0) is 12.1 Å². The number of nitrogens with zero attached hydrogens (tertiary/aromatic N) is 5. The van der Waals surface area contributed by atoms with E-state index in [0.29, 0.717) is 6.61 Å². The maximum absolute atomic E-state index is 5.48. The average Bonchev–Trinajstić information content (AvgIpc) is 3.30. The molecule has 0 saturated carbocycles. The first kappa shape index (κ1) is 15.1. The molecule has 0 spiro atoms. The molecule has 0 radical (unpaired) electrons. The lowest BCUT2D eigenvalue weighted by atomic mass is 10.2. The van der Waals surface area contributed by atoms with E-state index in [1.54, 1.807) is 13.3 Å².